The van der Waals surface area contributed by atoms with E-state index in [1.54, 1.807) is 18.0 Å². The van der Waals surface area contributed by atoms with E-state index in [-0.39, 0.29) is 11.6 Å². The first kappa shape index (κ1) is 16.1. The highest BCUT2D eigenvalue weighted by atomic mass is 16.6. The van der Waals surface area contributed by atoms with Crippen LogP contribution in [0.15, 0.2) is 42.5 Å². The zero-order valence-electron chi connectivity index (χ0n) is 14.3. The lowest BCUT2D eigenvalue weighted by atomic mass is 10.0. The Labute approximate surface area is 149 Å². The van der Waals surface area contributed by atoms with Crippen LogP contribution in [0.3, 0.4) is 0 Å². The molecule has 1 aliphatic heterocycles. The standard InChI is InChI=1S/C19H18N4O3/c1-20-16-7-6-12(23(25)26)10-14(16)19(24)22-9-8-18-15(11-22)13-4-2-3-5-17(13)21-18/h2-7,10,20-21H,8-9,11H2,1H3. The van der Waals surface area contributed by atoms with Crippen LogP contribution in [-0.2, 0) is 13.0 Å². The molecule has 7 nitrogen and oxygen atoms in total. The monoisotopic (exact) mass is 350 g/mol. The van der Waals surface area contributed by atoms with Crippen LogP contribution in [0.2, 0.25) is 0 Å². The third-order valence-electron chi connectivity index (χ3n) is 4.88. The molecule has 1 amide bonds. The molecule has 0 radical (unpaired) electrons. The minimum Gasteiger partial charge on any atom is -0.387 e. The van der Waals surface area contributed by atoms with Gasteiger partial charge in [-0.05, 0) is 12.1 Å². The zero-order valence-corrected chi connectivity index (χ0v) is 14.3. The van der Waals surface area contributed by atoms with E-state index in [1.807, 2.05) is 24.3 Å². The van der Waals surface area contributed by atoms with Gasteiger partial charge in [0.2, 0.25) is 0 Å². The second-order valence-corrected chi connectivity index (χ2v) is 6.34. The van der Waals surface area contributed by atoms with Gasteiger partial charge >= 0.3 is 0 Å². The summed E-state index contributed by atoms with van der Waals surface area (Å²) in [5.74, 6) is -0.200. The summed E-state index contributed by atoms with van der Waals surface area (Å²) in [6.07, 6.45) is 0.736. The number of nitro groups is 1. The van der Waals surface area contributed by atoms with Crippen LogP contribution in [0, 0.1) is 10.1 Å². The molecule has 7 heteroatoms. The number of nitro benzene ring substituents is 1. The number of carbonyl (C=O) groups excluding carboxylic acids is 1. The lowest BCUT2D eigenvalue weighted by Crippen LogP contribution is -2.36. The quantitative estimate of drug-likeness (QED) is 0.560. The summed E-state index contributed by atoms with van der Waals surface area (Å²) in [4.78, 5) is 28.9. The molecule has 0 unspecified atom stereocenters. The first-order chi connectivity index (χ1) is 12.6. The Kier molecular flexibility index (Phi) is 3.84. The van der Waals surface area contributed by atoms with Gasteiger partial charge in [0.25, 0.3) is 11.6 Å². The van der Waals surface area contributed by atoms with E-state index < -0.39 is 4.92 Å². The predicted octanol–water partition coefficient (Wildman–Crippen LogP) is 3.32. The number of amides is 1. The number of anilines is 1. The number of aromatic nitrogens is 1. The van der Waals surface area contributed by atoms with E-state index in [0.29, 0.717) is 24.3 Å². The van der Waals surface area contributed by atoms with Gasteiger partial charge in [0.1, 0.15) is 0 Å². The van der Waals surface area contributed by atoms with Crippen LogP contribution < -0.4 is 5.32 Å². The number of rotatable bonds is 3. The molecule has 0 aliphatic carbocycles. The third-order valence-corrected chi connectivity index (χ3v) is 4.88. The first-order valence-electron chi connectivity index (χ1n) is 8.42. The SMILES string of the molecule is CNc1ccc([N+](=O)[O-])cc1C(=O)N1CCc2[nH]c3ccccc3c2C1. The van der Waals surface area contributed by atoms with Gasteiger partial charge in [-0.2, -0.15) is 0 Å². The Morgan fingerprint density at radius 2 is 2.08 bits per heavy atom. The molecule has 0 atom stereocenters. The van der Waals surface area contributed by atoms with Gasteiger partial charge < -0.3 is 15.2 Å². The molecular weight excluding hydrogens is 332 g/mol. The van der Waals surface area contributed by atoms with Crippen molar-refractivity contribution < 1.29 is 9.72 Å². The maximum atomic E-state index is 13.1. The Morgan fingerprint density at radius 1 is 1.27 bits per heavy atom. The molecule has 132 valence electrons. The summed E-state index contributed by atoms with van der Waals surface area (Å²) in [7, 11) is 1.70. The number of hydrogen-bond donors (Lipinski definition) is 2. The highest BCUT2D eigenvalue weighted by Gasteiger charge is 2.27. The van der Waals surface area contributed by atoms with E-state index in [4.69, 9.17) is 0 Å². The molecule has 0 spiro atoms. The summed E-state index contributed by atoms with van der Waals surface area (Å²) in [5.41, 5.74) is 4.17. The van der Waals surface area contributed by atoms with Crippen molar-refractivity contribution in [3.8, 4) is 0 Å². The van der Waals surface area contributed by atoms with Crippen LogP contribution in [-0.4, -0.2) is 34.3 Å². The summed E-state index contributed by atoms with van der Waals surface area (Å²) < 4.78 is 0. The van der Waals surface area contributed by atoms with Crippen molar-refractivity contribution in [2.75, 3.05) is 18.9 Å². The number of nitrogens with zero attached hydrogens (tertiary/aromatic N) is 2. The molecule has 3 aromatic rings. The van der Waals surface area contributed by atoms with Crippen molar-refractivity contribution in [1.82, 2.24) is 9.88 Å². The highest BCUT2D eigenvalue weighted by Crippen LogP contribution is 2.30. The molecule has 2 N–H and O–H groups in total. The molecule has 1 aliphatic rings. The summed E-state index contributed by atoms with van der Waals surface area (Å²) >= 11 is 0. The van der Waals surface area contributed by atoms with E-state index in [1.165, 1.54) is 12.1 Å². The molecule has 0 saturated heterocycles. The topological polar surface area (TPSA) is 91.3 Å². The predicted molar refractivity (Wildman–Crippen MR) is 99.4 cm³/mol. The van der Waals surface area contributed by atoms with Crippen molar-refractivity contribution in [3.63, 3.8) is 0 Å². The number of H-pyrrole nitrogens is 1. The number of fused-ring (bicyclic) bond motifs is 3. The van der Waals surface area contributed by atoms with Crippen molar-refractivity contribution in [3.05, 3.63) is 69.4 Å². The van der Waals surface area contributed by atoms with Crippen LogP contribution >= 0.6 is 0 Å². The molecule has 0 fully saturated rings. The number of carbonyl (C=O) groups is 1. The fourth-order valence-electron chi connectivity index (χ4n) is 3.55. The van der Waals surface area contributed by atoms with Crippen LogP contribution in [0.5, 0.6) is 0 Å². The smallest absolute Gasteiger partial charge is 0.270 e. The maximum Gasteiger partial charge on any atom is 0.270 e. The Bertz CT molecular complexity index is 1020. The lowest BCUT2D eigenvalue weighted by Gasteiger charge is -2.28. The average molecular weight is 350 g/mol. The second-order valence-electron chi connectivity index (χ2n) is 6.34. The molecule has 2 heterocycles. The molecule has 0 saturated carbocycles. The molecule has 26 heavy (non-hydrogen) atoms. The summed E-state index contributed by atoms with van der Waals surface area (Å²) in [6.45, 7) is 1.06. The van der Waals surface area contributed by atoms with Crippen molar-refractivity contribution >= 4 is 28.2 Å². The lowest BCUT2D eigenvalue weighted by molar-refractivity contribution is -0.384. The second kappa shape index (κ2) is 6.18. The number of hydrogen-bond acceptors (Lipinski definition) is 4. The zero-order chi connectivity index (χ0) is 18.3. The number of benzene rings is 2. The molecule has 2 aromatic carbocycles. The van der Waals surface area contributed by atoms with Crippen molar-refractivity contribution in [1.29, 1.82) is 0 Å². The number of nitrogens with one attached hydrogen (secondary N) is 2. The van der Waals surface area contributed by atoms with E-state index in [9.17, 15) is 14.9 Å². The van der Waals surface area contributed by atoms with E-state index in [2.05, 4.69) is 10.3 Å². The minimum atomic E-state index is -0.482. The first-order valence-corrected chi connectivity index (χ1v) is 8.42. The van der Waals surface area contributed by atoms with Crippen molar-refractivity contribution in [2.45, 2.75) is 13.0 Å². The van der Waals surface area contributed by atoms with Crippen molar-refractivity contribution in [2.24, 2.45) is 0 Å². The van der Waals surface area contributed by atoms with Crippen LogP contribution in [0.25, 0.3) is 10.9 Å². The Hall–Kier alpha value is -3.35. The van der Waals surface area contributed by atoms with Crippen LogP contribution in [0.4, 0.5) is 11.4 Å². The molecule has 0 bridgehead atoms. The number of non-ortho nitro benzene ring substituents is 1. The third kappa shape index (κ3) is 2.57. The largest absolute Gasteiger partial charge is 0.387 e. The van der Waals surface area contributed by atoms with Gasteiger partial charge in [-0.3, -0.25) is 14.9 Å². The van der Waals surface area contributed by atoms with Crippen LogP contribution in [0.1, 0.15) is 21.6 Å². The van der Waals surface area contributed by atoms with E-state index in [0.717, 1.165) is 28.6 Å². The molecule has 4 rings (SSSR count). The van der Waals surface area contributed by atoms with Gasteiger partial charge in [0.05, 0.1) is 10.5 Å². The number of para-hydroxylation sites is 1. The van der Waals surface area contributed by atoms with Gasteiger partial charge in [-0.1, -0.05) is 18.2 Å². The highest BCUT2D eigenvalue weighted by molar-refractivity contribution is 6.00. The summed E-state index contributed by atoms with van der Waals surface area (Å²) in [6, 6.07) is 12.4. The molecular formula is C19H18N4O3. The molecule has 1 aromatic heterocycles. The fourth-order valence-corrected chi connectivity index (χ4v) is 3.55. The fraction of sp³-hybridized carbons (Fsp3) is 0.211. The normalized spacial score (nSPS) is 13.5. The average Bonchev–Trinajstić information content (AvgIpc) is 3.04. The Morgan fingerprint density at radius 3 is 2.85 bits per heavy atom. The minimum absolute atomic E-state index is 0.0860. The van der Waals surface area contributed by atoms with E-state index >= 15 is 0 Å². The van der Waals surface area contributed by atoms with Gasteiger partial charge in [0, 0.05) is 66.5 Å². The Balaban J connectivity index is 1.70. The van der Waals surface area contributed by atoms with Gasteiger partial charge in [-0.15, -0.1) is 0 Å². The van der Waals surface area contributed by atoms with Gasteiger partial charge in [-0.25, -0.2) is 0 Å². The van der Waals surface area contributed by atoms with Gasteiger partial charge in [0.15, 0.2) is 0 Å². The number of aromatic amines is 1. The summed E-state index contributed by atoms with van der Waals surface area (Å²) in [5, 5.41) is 15.2. The maximum absolute atomic E-state index is 13.1.